The Bertz CT molecular complexity index is 926. The van der Waals surface area contributed by atoms with Gasteiger partial charge in [0.05, 0.1) is 18.0 Å². The van der Waals surface area contributed by atoms with Crippen LogP contribution in [0, 0.1) is 0 Å². The molecule has 0 fully saturated rings. The number of hydrogen-bond acceptors (Lipinski definition) is 6. The fraction of sp³-hybridized carbons (Fsp3) is 0.333. The standard InChI is InChI=1S/C18H21N7/c1-12(2)25-11-22-14-10-21-17(9-15(14)25)23-16-5-8-20-18(24-16)13-3-6-19-7-4-13/h3,5,8-12,19H,4,6-7H2,1-2H3,(H,20,21,23,24). The quantitative estimate of drug-likeness (QED) is 0.763. The minimum Gasteiger partial charge on any atom is -0.328 e. The monoisotopic (exact) mass is 335 g/mol. The van der Waals surface area contributed by atoms with Crippen LogP contribution in [0.5, 0.6) is 0 Å². The number of hydrogen-bond donors (Lipinski definition) is 2. The van der Waals surface area contributed by atoms with E-state index < -0.39 is 0 Å². The molecule has 0 aliphatic carbocycles. The van der Waals surface area contributed by atoms with Gasteiger partial charge in [-0.1, -0.05) is 6.08 Å². The lowest BCUT2D eigenvalue weighted by atomic mass is 10.1. The number of nitrogens with zero attached hydrogens (tertiary/aromatic N) is 5. The Labute approximate surface area is 146 Å². The van der Waals surface area contributed by atoms with E-state index in [9.17, 15) is 0 Å². The maximum atomic E-state index is 4.64. The van der Waals surface area contributed by atoms with Gasteiger partial charge in [0.2, 0.25) is 0 Å². The molecule has 128 valence electrons. The number of fused-ring (bicyclic) bond motifs is 1. The zero-order chi connectivity index (χ0) is 17.2. The van der Waals surface area contributed by atoms with Crippen molar-refractivity contribution in [1.82, 2.24) is 29.8 Å². The van der Waals surface area contributed by atoms with E-state index in [1.807, 2.05) is 18.5 Å². The lowest BCUT2D eigenvalue weighted by Crippen LogP contribution is -2.20. The smallest absolute Gasteiger partial charge is 0.157 e. The van der Waals surface area contributed by atoms with Crippen LogP contribution in [-0.4, -0.2) is 37.6 Å². The molecular formula is C18H21N7. The average molecular weight is 335 g/mol. The zero-order valence-electron chi connectivity index (χ0n) is 14.4. The van der Waals surface area contributed by atoms with E-state index in [0.29, 0.717) is 6.04 Å². The van der Waals surface area contributed by atoms with E-state index in [1.54, 1.807) is 12.4 Å². The second-order valence-corrected chi connectivity index (χ2v) is 6.38. The van der Waals surface area contributed by atoms with Crippen molar-refractivity contribution in [1.29, 1.82) is 0 Å². The fourth-order valence-corrected chi connectivity index (χ4v) is 2.95. The zero-order valence-corrected chi connectivity index (χ0v) is 14.4. The summed E-state index contributed by atoms with van der Waals surface area (Å²) >= 11 is 0. The van der Waals surface area contributed by atoms with E-state index in [-0.39, 0.29) is 0 Å². The van der Waals surface area contributed by atoms with Crippen LogP contribution in [0.2, 0.25) is 0 Å². The van der Waals surface area contributed by atoms with Crippen molar-refractivity contribution in [3.8, 4) is 0 Å². The summed E-state index contributed by atoms with van der Waals surface area (Å²) < 4.78 is 2.13. The topological polar surface area (TPSA) is 80.5 Å². The normalized spacial score (nSPS) is 14.8. The molecule has 0 bridgehead atoms. The summed E-state index contributed by atoms with van der Waals surface area (Å²) in [5, 5.41) is 6.59. The van der Waals surface area contributed by atoms with Crippen LogP contribution in [0.3, 0.4) is 0 Å². The minimum absolute atomic E-state index is 0.345. The molecule has 7 heteroatoms. The van der Waals surface area contributed by atoms with Crippen molar-refractivity contribution in [3.63, 3.8) is 0 Å². The van der Waals surface area contributed by atoms with Gasteiger partial charge in [-0.3, -0.25) is 0 Å². The van der Waals surface area contributed by atoms with Crippen molar-refractivity contribution in [2.24, 2.45) is 0 Å². The van der Waals surface area contributed by atoms with Crippen LogP contribution in [-0.2, 0) is 0 Å². The number of rotatable bonds is 4. The summed E-state index contributed by atoms with van der Waals surface area (Å²) in [6.45, 7) is 6.11. The molecule has 0 radical (unpaired) electrons. The second-order valence-electron chi connectivity index (χ2n) is 6.38. The Balaban J connectivity index is 1.62. The maximum Gasteiger partial charge on any atom is 0.157 e. The highest BCUT2D eigenvalue weighted by molar-refractivity contribution is 5.78. The van der Waals surface area contributed by atoms with Crippen molar-refractivity contribution >= 4 is 28.2 Å². The third-order valence-corrected chi connectivity index (χ3v) is 4.28. The average Bonchev–Trinajstić information content (AvgIpc) is 3.06. The van der Waals surface area contributed by atoms with Crippen molar-refractivity contribution in [2.45, 2.75) is 26.3 Å². The first-order valence-electron chi connectivity index (χ1n) is 8.53. The van der Waals surface area contributed by atoms with Gasteiger partial charge >= 0.3 is 0 Å². The van der Waals surface area contributed by atoms with Gasteiger partial charge in [-0.15, -0.1) is 0 Å². The van der Waals surface area contributed by atoms with Gasteiger partial charge in [0, 0.05) is 24.8 Å². The summed E-state index contributed by atoms with van der Waals surface area (Å²) in [6.07, 6.45) is 8.51. The predicted molar refractivity (Wildman–Crippen MR) is 98.7 cm³/mol. The van der Waals surface area contributed by atoms with Gasteiger partial charge in [-0.05, 0) is 38.5 Å². The lowest BCUT2D eigenvalue weighted by molar-refractivity contribution is 0.617. The van der Waals surface area contributed by atoms with E-state index in [4.69, 9.17) is 0 Å². The number of anilines is 2. The molecule has 0 aromatic carbocycles. The highest BCUT2D eigenvalue weighted by Gasteiger charge is 2.11. The van der Waals surface area contributed by atoms with Gasteiger partial charge in [0.25, 0.3) is 0 Å². The van der Waals surface area contributed by atoms with E-state index in [1.165, 1.54) is 5.57 Å². The first-order valence-corrected chi connectivity index (χ1v) is 8.53. The predicted octanol–water partition coefficient (Wildman–Crippen LogP) is 2.92. The summed E-state index contributed by atoms with van der Waals surface area (Å²) in [5.74, 6) is 2.27. The highest BCUT2D eigenvalue weighted by Crippen LogP contribution is 2.22. The van der Waals surface area contributed by atoms with Gasteiger partial charge in [-0.25, -0.2) is 19.9 Å². The molecule has 4 heterocycles. The molecule has 4 rings (SSSR count). The Kier molecular flexibility index (Phi) is 4.15. The lowest BCUT2D eigenvalue weighted by Gasteiger charge is -2.13. The Morgan fingerprint density at radius 2 is 2.12 bits per heavy atom. The molecule has 1 aliphatic rings. The number of aromatic nitrogens is 5. The molecule has 0 atom stereocenters. The Hall–Kier alpha value is -2.80. The molecule has 0 amide bonds. The van der Waals surface area contributed by atoms with E-state index in [2.05, 4.69) is 55.1 Å². The van der Waals surface area contributed by atoms with Gasteiger partial charge in [0.15, 0.2) is 5.82 Å². The summed E-state index contributed by atoms with van der Waals surface area (Å²) in [7, 11) is 0. The molecule has 25 heavy (non-hydrogen) atoms. The summed E-state index contributed by atoms with van der Waals surface area (Å²) in [4.78, 5) is 17.9. The van der Waals surface area contributed by atoms with Gasteiger partial charge in [0.1, 0.15) is 17.2 Å². The molecule has 0 saturated carbocycles. The molecule has 2 N–H and O–H groups in total. The molecule has 0 saturated heterocycles. The largest absolute Gasteiger partial charge is 0.328 e. The van der Waals surface area contributed by atoms with Crippen molar-refractivity contribution < 1.29 is 0 Å². The number of nitrogens with one attached hydrogen (secondary N) is 2. The first-order chi connectivity index (χ1) is 12.2. The molecule has 3 aromatic rings. The second kappa shape index (κ2) is 6.60. The minimum atomic E-state index is 0.345. The van der Waals surface area contributed by atoms with E-state index >= 15 is 0 Å². The first kappa shape index (κ1) is 15.7. The van der Waals surface area contributed by atoms with Crippen molar-refractivity contribution in [3.05, 3.63) is 42.8 Å². The summed E-state index contributed by atoms with van der Waals surface area (Å²) in [5.41, 5.74) is 3.13. The molecule has 1 aliphatic heterocycles. The molecule has 0 spiro atoms. The van der Waals surface area contributed by atoms with E-state index in [0.717, 1.165) is 48.0 Å². The van der Waals surface area contributed by atoms with Crippen molar-refractivity contribution in [2.75, 3.05) is 18.4 Å². The molecule has 3 aromatic heterocycles. The van der Waals surface area contributed by atoms with Gasteiger partial charge < -0.3 is 15.2 Å². The molecular weight excluding hydrogens is 314 g/mol. The van der Waals surface area contributed by atoms with Crippen LogP contribution in [0.1, 0.15) is 32.1 Å². The highest BCUT2D eigenvalue weighted by atomic mass is 15.1. The Morgan fingerprint density at radius 1 is 1.20 bits per heavy atom. The third-order valence-electron chi connectivity index (χ3n) is 4.28. The van der Waals surface area contributed by atoms with Crippen LogP contribution in [0.15, 0.2) is 36.9 Å². The van der Waals surface area contributed by atoms with Crippen LogP contribution in [0.25, 0.3) is 16.6 Å². The van der Waals surface area contributed by atoms with Gasteiger partial charge in [-0.2, -0.15) is 0 Å². The number of pyridine rings is 1. The van der Waals surface area contributed by atoms with Crippen LogP contribution in [0.4, 0.5) is 11.6 Å². The van der Waals surface area contributed by atoms with Crippen LogP contribution >= 0.6 is 0 Å². The number of imidazole rings is 1. The maximum absolute atomic E-state index is 4.64. The Morgan fingerprint density at radius 3 is 2.92 bits per heavy atom. The van der Waals surface area contributed by atoms with Crippen LogP contribution < -0.4 is 10.6 Å². The molecule has 0 unspecified atom stereocenters. The summed E-state index contributed by atoms with van der Waals surface area (Å²) in [6, 6.07) is 4.21. The SMILES string of the molecule is CC(C)n1cnc2cnc(Nc3ccnc(C4=CCNCC4)n3)cc21. The molecule has 7 nitrogen and oxygen atoms in total. The fourth-order valence-electron chi connectivity index (χ4n) is 2.95. The third kappa shape index (κ3) is 3.23.